The Hall–Kier alpha value is -8.20. The number of anilines is 4. The molecule has 8 heterocycles. The summed E-state index contributed by atoms with van der Waals surface area (Å²) in [6, 6.07) is 40.4. The number of rotatable bonds is 10. The zero-order valence-corrected chi connectivity index (χ0v) is 42.2. The van der Waals surface area contributed by atoms with Crippen LogP contribution in [0.25, 0.3) is 22.5 Å². The van der Waals surface area contributed by atoms with Crippen molar-refractivity contribution >= 4 is 22.7 Å². The van der Waals surface area contributed by atoms with E-state index in [0.29, 0.717) is 26.4 Å². The van der Waals surface area contributed by atoms with Crippen molar-refractivity contribution in [3.8, 4) is 45.5 Å². The molecule has 2 atom stereocenters. The average Bonchev–Trinajstić information content (AvgIpc) is 3.42. The van der Waals surface area contributed by atoms with Gasteiger partial charge in [-0.2, -0.15) is 0 Å². The molecule has 0 spiro atoms. The first-order valence-corrected chi connectivity index (χ1v) is 25.5. The molecule has 376 valence electrons. The molecule has 4 aromatic carbocycles. The van der Waals surface area contributed by atoms with Gasteiger partial charge in [-0.25, -0.2) is 0 Å². The molecule has 14 nitrogen and oxygen atoms in total. The first-order chi connectivity index (χ1) is 36.1. The van der Waals surface area contributed by atoms with Crippen LogP contribution >= 0.6 is 0 Å². The van der Waals surface area contributed by atoms with Crippen LogP contribution < -0.4 is 41.0 Å². The average molecular weight is 989 g/mol. The summed E-state index contributed by atoms with van der Waals surface area (Å²) in [5.41, 5.74) is 15.7. The molecule has 0 radical (unpaired) electrons. The van der Waals surface area contributed by atoms with Gasteiger partial charge in [0.15, 0.2) is 0 Å². The van der Waals surface area contributed by atoms with E-state index in [2.05, 4.69) is 104 Å². The van der Waals surface area contributed by atoms with E-state index in [1.165, 1.54) is 11.1 Å². The molecule has 4 aromatic heterocycles. The number of ether oxygens (including phenoxy) is 4. The topological polar surface area (TPSA) is 159 Å². The van der Waals surface area contributed by atoms with Crippen LogP contribution in [0, 0.1) is 13.8 Å². The molecule has 4 N–H and O–H groups in total. The smallest absolute Gasteiger partial charge is 0.250 e. The van der Waals surface area contributed by atoms with Crippen LogP contribution in [-0.4, -0.2) is 72.5 Å². The summed E-state index contributed by atoms with van der Waals surface area (Å²) in [6.07, 6.45) is 5.20. The minimum absolute atomic E-state index is 0.0805. The summed E-state index contributed by atoms with van der Waals surface area (Å²) >= 11 is 0. The Morgan fingerprint density at radius 3 is 1.36 bits per heavy atom. The van der Waals surface area contributed by atoms with Gasteiger partial charge in [-0.05, 0) is 135 Å². The largest absolute Gasteiger partial charge is 0.456 e. The second kappa shape index (κ2) is 21.1. The number of aromatic nitrogens is 4. The molecule has 2 unspecified atom stereocenters. The number of morpholine rings is 2. The molecule has 14 heteroatoms. The number of benzene rings is 4. The van der Waals surface area contributed by atoms with E-state index in [1.807, 2.05) is 85.2 Å². The van der Waals surface area contributed by atoms with Gasteiger partial charge in [0.05, 0.1) is 61.3 Å². The van der Waals surface area contributed by atoms with Crippen LogP contribution in [0.4, 0.5) is 22.7 Å². The molecule has 4 aliphatic rings. The van der Waals surface area contributed by atoms with Crippen molar-refractivity contribution < 1.29 is 18.9 Å². The predicted octanol–water partition coefficient (Wildman–Crippen LogP) is 10.9. The third-order valence-corrected chi connectivity index (χ3v) is 14.0. The van der Waals surface area contributed by atoms with Crippen molar-refractivity contribution in [2.75, 3.05) is 73.0 Å². The van der Waals surface area contributed by atoms with Gasteiger partial charge in [0.1, 0.15) is 23.0 Å². The molecule has 0 aliphatic carbocycles. The highest BCUT2D eigenvalue weighted by Gasteiger charge is 2.25. The number of nitrogens with zero attached hydrogens (tertiary/aromatic N) is 4. The zero-order valence-electron chi connectivity index (χ0n) is 42.2. The Morgan fingerprint density at radius 1 is 0.514 bits per heavy atom. The standard InChI is InChI=1S/2C30H30N4O3/c2*1-19-8-9-31-26(14-19)20(2)32-23-6-7-28-22(16-23)15-21-4-3-5-25(30(21)37-28)27-17-24(18-29(35)33-27)34-10-12-36-13-11-34/h2*3-9,14,16-18,20,32H,10-13,15H2,1-2H3,(H,33,35). The minimum atomic E-state index is -0.124. The van der Waals surface area contributed by atoms with E-state index < -0.39 is 0 Å². The van der Waals surface area contributed by atoms with Crippen LogP contribution in [0.1, 0.15) is 70.7 Å². The van der Waals surface area contributed by atoms with Gasteiger partial charge < -0.3 is 49.3 Å². The van der Waals surface area contributed by atoms with E-state index >= 15 is 0 Å². The maximum atomic E-state index is 12.6. The van der Waals surface area contributed by atoms with Crippen LogP contribution in [0.15, 0.2) is 143 Å². The van der Waals surface area contributed by atoms with Crippen molar-refractivity contribution in [3.05, 3.63) is 199 Å². The number of hydrogen-bond donors (Lipinski definition) is 4. The molecule has 8 aromatic rings. The summed E-state index contributed by atoms with van der Waals surface area (Å²) in [6.45, 7) is 14.1. The van der Waals surface area contributed by atoms with E-state index in [4.69, 9.17) is 18.9 Å². The van der Waals surface area contributed by atoms with Crippen molar-refractivity contribution in [2.45, 2.75) is 52.6 Å². The van der Waals surface area contributed by atoms with Gasteiger partial charge in [-0.15, -0.1) is 0 Å². The quantitative estimate of drug-likeness (QED) is 0.103. The normalized spacial score (nSPS) is 15.4. The second-order valence-electron chi connectivity index (χ2n) is 19.5. The van der Waals surface area contributed by atoms with Gasteiger partial charge in [-0.3, -0.25) is 19.6 Å². The van der Waals surface area contributed by atoms with Gasteiger partial charge in [-0.1, -0.05) is 24.3 Å². The van der Waals surface area contributed by atoms with Crippen molar-refractivity contribution in [1.82, 2.24) is 19.9 Å². The number of H-pyrrole nitrogens is 2. The second-order valence-corrected chi connectivity index (χ2v) is 19.5. The maximum absolute atomic E-state index is 12.6. The summed E-state index contributed by atoms with van der Waals surface area (Å²) in [4.78, 5) is 44.6. The Balaban J connectivity index is 0.000000159. The lowest BCUT2D eigenvalue weighted by molar-refractivity contribution is 0.122. The highest BCUT2D eigenvalue weighted by molar-refractivity contribution is 5.76. The molecular formula is C60H60N8O6. The van der Waals surface area contributed by atoms with Crippen molar-refractivity contribution in [2.24, 2.45) is 0 Å². The predicted molar refractivity (Wildman–Crippen MR) is 292 cm³/mol. The molecule has 0 bridgehead atoms. The number of fused-ring (bicyclic) bond motifs is 4. The zero-order chi connectivity index (χ0) is 50.7. The number of aryl methyl sites for hydroxylation is 2. The summed E-state index contributed by atoms with van der Waals surface area (Å²) < 4.78 is 23.9. The van der Waals surface area contributed by atoms with Crippen molar-refractivity contribution in [1.29, 1.82) is 0 Å². The monoisotopic (exact) mass is 988 g/mol. The fourth-order valence-electron chi connectivity index (χ4n) is 10.2. The Bertz CT molecular complexity index is 3240. The minimum Gasteiger partial charge on any atom is -0.456 e. The Kier molecular flexibility index (Phi) is 13.7. The molecular weight excluding hydrogens is 929 g/mol. The molecule has 0 amide bonds. The lowest BCUT2D eigenvalue weighted by Crippen LogP contribution is -2.36. The van der Waals surface area contributed by atoms with Crippen molar-refractivity contribution in [3.63, 3.8) is 0 Å². The van der Waals surface area contributed by atoms with Gasteiger partial charge in [0, 0.05) is 109 Å². The highest BCUT2D eigenvalue weighted by Crippen LogP contribution is 2.45. The number of aromatic amines is 2. The SMILES string of the molecule is Cc1ccnc(C(C)Nc2ccc3c(c2)Cc2cccc(-c4cc(N5CCOCC5)cc(=O)[nH]4)c2O3)c1.Cc1ccnc(C(C)Nc2ccc3c(c2)Cc2cccc(-c4cc(N5CCOCC5)cc(=O)[nH]4)c2O3)c1. The maximum Gasteiger partial charge on any atom is 0.250 e. The molecule has 2 fully saturated rings. The van der Waals surface area contributed by atoms with E-state index in [1.54, 1.807) is 12.1 Å². The summed E-state index contributed by atoms with van der Waals surface area (Å²) in [5, 5.41) is 7.14. The van der Waals surface area contributed by atoms with Gasteiger partial charge in [0.25, 0.3) is 0 Å². The first-order valence-electron chi connectivity index (χ1n) is 25.5. The fraction of sp³-hybridized carbons (Fsp3) is 0.267. The van der Waals surface area contributed by atoms with Gasteiger partial charge in [0.2, 0.25) is 11.1 Å². The van der Waals surface area contributed by atoms with E-state index in [9.17, 15) is 9.59 Å². The first kappa shape index (κ1) is 48.1. The molecule has 2 saturated heterocycles. The van der Waals surface area contributed by atoms with Gasteiger partial charge >= 0.3 is 0 Å². The molecule has 74 heavy (non-hydrogen) atoms. The van der Waals surface area contributed by atoms with E-state index in [0.717, 1.165) is 141 Å². The number of pyridine rings is 4. The third kappa shape index (κ3) is 10.6. The number of hydrogen-bond acceptors (Lipinski definition) is 12. The Labute approximate surface area is 430 Å². The highest BCUT2D eigenvalue weighted by atomic mass is 16.5. The molecule has 0 saturated carbocycles. The van der Waals surface area contributed by atoms with E-state index in [-0.39, 0.29) is 23.2 Å². The Morgan fingerprint density at radius 2 is 0.946 bits per heavy atom. The third-order valence-electron chi connectivity index (χ3n) is 14.0. The molecule has 12 rings (SSSR count). The summed E-state index contributed by atoms with van der Waals surface area (Å²) in [5.74, 6) is 3.25. The van der Waals surface area contributed by atoms with Crippen LogP contribution in [0.2, 0.25) is 0 Å². The fourth-order valence-corrected chi connectivity index (χ4v) is 10.2. The lowest BCUT2D eigenvalue weighted by Gasteiger charge is -2.29. The van der Waals surface area contributed by atoms with Crippen LogP contribution in [0.5, 0.6) is 23.0 Å². The molecule has 4 aliphatic heterocycles. The van der Waals surface area contributed by atoms with Crippen LogP contribution in [0.3, 0.4) is 0 Å². The summed E-state index contributed by atoms with van der Waals surface area (Å²) in [7, 11) is 0. The number of nitrogens with one attached hydrogen (secondary N) is 4. The number of para-hydroxylation sites is 2. The lowest BCUT2D eigenvalue weighted by atomic mass is 9.96. The van der Waals surface area contributed by atoms with Crippen LogP contribution in [-0.2, 0) is 22.3 Å².